The van der Waals surface area contributed by atoms with Gasteiger partial charge in [-0.15, -0.1) is 0 Å². The predicted octanol–water partition coefficient (Wildman–Crippen LogP) is 2.99. The number of nitrogens with one attached hydrogen (secondary N) is 1. The van der Waals surface area contributed by atoms with Crippen LogP contribution in [0, 0.1) is 28.9 Å². The minimum atomic E-state index is -1.33. The largest absolute Gasteiger partial charge is 0.324 e. The van der Waals surface area contributed by atoms with Crippen LogP contribution in [0.2, 0.25) is 5.02 Å². The molecule has 6 rings (SSSR count). The zero-order chi connectivity index (χ0) is 23.2. The van der Waals surface area contributed by atoms with E-state index >= 15 is 0 Å². The van der Waals surface area contributed by atoms with Gasteiger partial charge in [0, 0.05) is 34.4 Å². The van der Waals surface area contributed by atoms with Crippen LogP contribution >= 0.6 is 11.6 Å². The van der Waals surface area contributed by atoms with Gasteiger partial charge in [0.1, 0.15) is 5.54 Å². The first-order chi connectivity index (χ1) is 15.8. The number of anilines is 2. The Morgan fingerprint density at radius 1 is 1.18 bits per heavy atom. The van der Waals surface area contributed by atoms with Crippen LogP contribution in [0.25, 0.3) is 0 Å². The highest BCUT2D eigenvalue weighted by molar-refractivity contribution is 6.31. The molecule has 3 amide bonds. The summed E-state index contributed by atoms with van der Waals surface area (Å²) < 4.78 is 0. The fourth-order valence-electron chi connectivity index (χ4n) is 6.44. The molecule has 168 valence electrons. The van der Waals surface area contributed by atoms with Gasteiger partial charge in [0.05, 0.1) is 22.4 Å². The summed E-state index contributed by atoms with van der Waals surface area (Å²) in [5, 5.41) is 14.7. The van der Waals surface area contributed by atoms with Gasteiger partial charge in [0.15, 0.2) is 0 Å². The molecule has 4 heterocycles. The van der Waals surface area contributed by atoms with E-state index in [9.17, 15) is 24.5 Å². The van der Waals surface area contributed by atoms with E-state index in [1.807, 2.05) is 11.8 Å². The predicted molar refractivity (Wildman–Crippen MR) is 119 cm³/mol. The third-order valence-electron chi connectivity index (χ3n) is 7.56. The highest BCUT2D eigenvalue weighted by Crippen LogP contribution is 2.61. The molecule has 3 saturated heterocycles. The summed E-state index contributed by atoms with van der Waals surface area (Å²) in [6, 6.07) is 8.68. The second-order valence-electron chi connectivity index (χ2n) is 9.06. The minimum Gasteiger partial charge on any atom is -0.324 e. The molecular weight excluding hydrogens is 448 g/mol. The third-order valence-corrected chi connectivity index (χ3v) is 7.78. The topological polar surface area (TPSA) is 113 Å². The number of amides is 3. The molecule has 1 N–H and O–H groups in total. The molecule has 4 aliphatic rings. The number of nitro benzene ring substituents is 1. The van der Waals surface area contributed by atoms with Crippen LogP contribution in [0.15, 0.2) is 36.4 Å². The molecule has 0 aromatic heterocycles. The smallest absolute Gasteiger partial charge is 0.271 e. The van der Waals surface area contributed by atoms with E-state index in [0.29, 0.717) is 29.2 Å². The maximum absolute atomic E-state index is 13.9. The molecule has 0 aliphatic carbocycles. The van der Waals surface area contributed by atoms with Gasteiger partial charge in [-0.1, -0.05) is 17.7 Å². The maximum atomic E-state index is 13.9. The monoisotopic (exact) mass is 466 g/mol. The van der Waals surface area contributed by atoms with Gasteiger partial charge in [-0.25, -0.2) is 4.90 Å². The Hall–Kier alpha value is -3.30. The number of hydrogen-bond donors (Lipinski definition) is 1. The van der Waals surface area contributed by atoms with Crippen molar-refractivity contribution in [3.05, 3.63) is 62.7 Å². The molecule has 9 nitrogen and oxygen atoms in total. The fraction of sp³-hybridized carbons (Fsp3) is 0.348. The van der Waals surface area contributed by atoms with Crippen molar-refractivity contribution >= 4 is 46.4 Å². The van der Waals surface area contributed by atoms with Gasteiger partial charge >= 0.3 is 0 Å². The number of halogens is 1. The van der Waals surface area contributed by atoms with Crippen molar-refractivity contribution in [2.75, 3.05) is 16.8 Å². The Kier molecular flexibility index (Phi) is 4.07. The Morgan fingerprint density at radius 3 is 2.73 bits per heavy atom. The standard InChI is InChI=1S/C23H19ClN4O5/c1-11-8-12(24)9-15-19(11)25-22(31)23(15)18-17(16-6-3-7-26(16)23)20(29)27(21(18)30)13-4-2-5-14(10-13)28(32)33/h2,4-5,8-10,16-18H,3,6-7H2,1H3,(H,25,31)/t16-,17+,18-,23+/m0/s1. The van der Waals surface area contributed by atoms with E-state index in [1.165, 1.54) is 24.3 Å². The van der Waals surface area contributed by atoms with Crippen molar-refractivity contribution in [2.24, 2.45) is 11.8 Å². The van der Waals surface area contributed by atoms with Crippen molar-refractivity contribution in [2.45, 2.75) is 31.3 Å². The maximum Gasteiger partial charge on any atom is 0.271 e. The van der Waals surface area contributed by atoms with Crippen LogP contribution in [-0.2, 0) is 19.9 Å². The first-order valence-corrected chi connectivity index (χ1v) is 11.2. The number of rotatable bonds is 2. The third kappa shape index (κ3) is 2.38. The number of non-ortho nitro benzene ring substituents is 1. The molecule has 0 radical (unpaired) electrons. The number of imide groups is 1. The lowest BCUT2D eigenvalue weighted by molar-refractivity contribution is -0.384. The molecular formula is C23H19ClN4O5. The first kappa shape index (κ1) is 20.3. The molecule has 4 atom stereocenters. The Balaban J connectivity index is 1.55. The molecule has 3 fully saturated rings. The average molecular weight is 467 g/mol. The van der Waals surface area contributed by atoms with Crippen LogP contribution < -0.4 is 10.2 Å². The summed E-state index contributed by atoms with van der Waals surface area (Å²) in [7, 11) is 0. The molecule has 0 saturated carbocycles. The summed E-state index contributed by atoms with van der Waals surface area (Å²) >= 11 is 6.38. The van der Waals surface area contributed by atoms with Gasteiger partial charge in [-0.3, -0.25) is 29.4 Å². The van der Waals surface area contributed by atoms with E-state index in [1.54, 1.807) is 12.1 Å². The normalized spacial score (nSPS) is 30.1. The number of fused-ring (bicyclic) bond motifs is 7. The molecule has 0 bridgehead atoms. The van der Waals surface area contributed by atoms with Gasteiger partial charge in [-0.2, -0.15) is 0 Å². The summed E-state index contributed by atoms with van der Waals surface area (Å²) in [6.45, 7) is 2.43. The zero-order valence-corrected chi connectivity index (χ0v) is 18.3. The average Bonchev–Trinajstić information content (AvgIpc) is 3.47. The summed E-state index contributed by atoms with van der Waals surface area (Å²) in [6.07, 6.45) is 1.49. The van der Waals surface area contributed by atoms with Gasteiger partial charge < -0.3 is 5.32 Å². The number of hydrogen-bond acceptors (Lipinski definition) is 6. The van der Waals surface area contributed by atoms with E-state index in [0.717, 1.165) is 16.9 Å². The van der Waals surface area contributed by atoms with E-state index in [4.69, 9.17) is 11.6 Å². The lowest BCUT2D eigenvalue weighted by Crippen LogP contribution is -2.54. The zero-order valence-electron chi connectivity index (χ0n) is 17.6. The highest BCUT2D eigenvalue weighted by atomic mass is 35.5. The van der Waals surface area contributed by atoms with E-state index in [2.05, 4.69) is 5.32 Å². The second-order valence-corrected chi connectivity index (χ2v) is 9.50. The molecule has 1 spiro atoms. The molecule has 2 aromatic carbocycles. The number of aryl methyl sites for hydroxylation is 1. The quantitative estimate of drug-likeness (QED) is 0.413. The van der Waals surface area contributed by atoms with Gasteiger partial charge in [0.25, 0.3) is 5.69 Å². The van der Waals surface area contributed by atoms with Gasteiger partial charge in [-0.05, 0) is 50.1 Å². The van der Waals surface area contributed by atoms with Crippen molar-refractivity contribution in [1.29, 1.82) is 0 Å². The van der Waals surface area contributed by atoms with Crippen molar-refractivity contribution in [3.63, 3.8) is 0 Å². The Morgan fingerprint density at radius 2 is 1.97 bits per heavy atom. The molecule has 33 heavy (non-hydrogen) atoms. The number of carbonyl (C=O) groups is 3. The second kappa shape index (κ2) is 6.61. The minimum absolute atomic E-state index is 0.147. The number of nitrogens with zero attached hydrogens (tertiary/aromatic N) is 3. The van der Waals surface area contributed by atoms with Crippen molar-refractivity contribution in [1.82, 2.24) is 4.90 Å². The molecule has 0 unspecified atom stereocenters. The van der Waals surface area contributed by atoms with E-state index < -0.39 is 34.1 Å². The summed E-state index contributed by atoms with van der Waals surface area (Å²) in [4.78, 5) is 55.0. The van der Waals surface area contributed by atoms with Crippen LogP contribution in [0.1, 0.15) is 24.0 Å². The van der Waals surface area contributed by atoms with Crippen LogP contribution in [0.5, 0.6) is 0 Å². The SMILES string of the molecule is Cc1cc(Cl)cc2c1NC(=O)[C@]21[C@@H]2C(=O)N(c3cccc([N+](=O)[O-])c3)C(=O)[C@@H]2[C@@H]2CCCN21. The van der Waals surface area contributed by atoms with Crippen LogP contribution in [-0.4, -0.2) is 40.1 Å². The number of carbonyl (C=O) groups excluding carboxylic acids is 3. The van der Waals surface area contributed by atoms with E-state index in [-0.39, 0.29) is 23.3 Å². The van der Waals surface area contributed by atoms with Crippen LogP contribution in [0.4, 0.5) is 17.1 Å². The van der Waals surface area contributed by atoms with Crippen molar-refractivity contribution < 1.29 is 19.3 Å². The molecule has 2 aromatic rings. The first-order valence-electron chi connectivity index (χ1n) is 10.8. The summed E-state index contributed by atoms with van der Waals surface area (Å²) in [5.41, 5.74) is 0.639. The molecule has 10 heteroatoms. The van der Waals surface area contributed by atoms with Gasteiger partial charge in [0.2, 0.25) is 17.7 Å². The lowest BCUT2D eigenvalue weighted by atomic mass is 9.75. The number of benzene rings is 2. The highest BCUT2D eigenvalue weighted by Gasteiger charge is 2.74. The van der Waals surface area contributed by atoms with Crippen LogP contribution in [0.3, 0.4) is 0 Å². The Bertz CT molecular complexity index is 1300. The fourth-order valence-corrected chi connectivity index (χ4v) is 6.71. The molecule has 4 aliphatic heterocycles. The Labute approximate surface area is 193 Å². The summed E-state index contributed by atoms with van der Waals surface area (Å²) in [5.74, 6) is -2.91. The lowest BCUT2D eigenvalue weighted by Gasteiger charge is -2.36. The number of nitro groups is 1. The van der Waals surface area contributed by atoms with Crippen molar-refractivity contribution in [3.8, 4) is 0 Å².